The van der Waals surface area contributed by atoms with Crippen molar-refractivity contribution in [2.24, 2.45) is 5.92 Å². The van der Waals surface area contributed by atoms with Gasteiger partial charge in [0.2, 0.25) is 0 Å². The highest BCUT2D eigenvalue weighted by atomic mass is 19.1. The number of nitrogens with zero attached hydrogens (tertiary/aromatic N) is 1. The van der Waals surface area contributed by atoms with E-state index in [0.717, 1.165) is 16.7 Å². The summed E-state index contributed by atoms with van der Waals surface area (Å²) in [6.45, 7) is 5.46. The first-order valence-corrected chi connectivity index (χ1v) is 11.0. The zero-order valence-electron chi connectivity index (χ0n) is 19.1. The van der Waals surface area contributed by atoms with Crippen LogP contribution in [0.2, 0.25) is 0 Å². The number of carbonyl (C=O) groups is 3. The molecule has 1 aliphatic rings. The Morgan fingerprint density at radius 2 is 1.68 bits per heavy atom. The molecule has 7 heteroatoms. The van der Waals surface area contributed by atoms with E-state index < -0.39 is 12.0 Å². The van der Waals surface area contributed by atoms with E-state index in [1.165, 1.54) is 23.1 Å². The summed E-state index contributed by atoms with van der Waals surface area (Å²) >= 11 is 0. The molecule has 1 atom stereocenters. The molecule has 0 bridgehead atoms. The highest BCUT2D eigenvalue weighted by Crippen LogP contribution is 2.31. The lowest BCUT2D eigenvalue weighted by Crippen LogP contribution is -2.44. The van der Waals surface area contributed by atoms with E-state index in [2.05, 4.69) is 5.32 Å². The number of carboxylic acids is 1. The summed E-state index contributed by atoms with van der Waals surface area (Å²) in [7, 11) is 0. The number of rotatable bonds is 6. The molecule has 2 amide bonds. The molecule has 3 aromatic carbocycles. The minimum Gasteiger partial charge on any atom is -0.480 e. The van der Waals surface area contributed by atoms with Gasteiger partial charge in [-0.2, -0.15) is 0 Å². The Balaban J connectivity index is 1.51. The van der Waals surface area contributed by atoms with Gasteiger partial charge in [0, 0.05) is 23.4 Å². The van der Waals surface area contributed by atoms with Gasteiger partial charge in [-0.1, -0.05) is 38.1 Å². The van der Waals surface area contributed by atoms with E-state index >= 15 is 0 Å². The number of benzene rings is 3. The first-order valence-electron chi connectivity index (χ1n) is 11.0. The Bertz CT molecular complexity index is 1280. The average Bonchev–Trinajstić information content (AvgIpc) is 3.11. The number of hydrogen-bond donors (Lipinski definition) is 2. The molecule has 174 valence electrons. The number of nitrogens with one attached hydrogen (secondary N) is 1. The van der Waals surface area contributed by atoms with Crippen LogP contribution in [0.3, 0.4) is 0 Å². The summed E-state index contributed by atoms with van der Waals surface area (Å²) in [4.78, 5) is 38.6. The molecule has 3 aromatic rings. The minimum absolute atomic E-state index is 0.211. The van der Waals surface area contributed by atoms with Crippen LogP contribution in [0.25, 0.3) is 11.1 Å². The SMILES string of the molecule is Cc1cc(C(=O)Nc2ccc(-c3ccc4c(c3)C(=O)N([C@H](C(=O)O)C(C)C)C4)cc2)ccc1F. The Morgan fingerprint density at radius 1 is 1.00 bits per heavy atom. The van der Waals surface area contributed by atoms with Crippen LogP contribution in [0.1, 0.15) is 45.7 Å². The Hall–Kier alpha value is -4.00. The van der Waals surface area contributed by atoms with Crippen LogP contribution < -0.4 is 5.32 Å². The molecule has 0 saturated carbocycles. The Morgan fingerprint density at radius 3 is 2.29 bits per heavy atom. The summed E-state index contributed by atoms with van der Waals surface area (Å²) in [6, 6.07) is 16.0. The maximum Gasteiger partial charge on any atom is 0.326 e. The average molecular weight is 461 g/mol. The van der Waals surface area contributed by atoms with Crippen LogP contribution in [0.5, 0.6) is 0 Å². The molecule has 0 radical (unpaired) electrons. The van der Waals surface area contributed by atoms with Gasteiger partial charge in [0.15, 0.2) is 0 Å². The number of halogens is 1. The van der Waals surface area contributed by atoms with Crippen molar-refractivity contribution in [1.82, 2.24) is 4.90 Å². The smallest absolute Gasteiger partial charge is 0.326 e. The van der Waals surface area contributed by atoms with E-state index in [1.807, 2.05) is 24.3 Å². The number of hydrogen-bond acceptors (Lipinski definition) is 3. The highest BCUT2D eigenvalue weighted by molar-refractivity contribution is 6.04. The Labute approximate surface area is 197 Å². The van der Waals surface area contributed by atoms with Crippen molar-refractivity contribution in [2.45, 2.75) is 33.4 Å². The third kappa shape index (κ3) is 4.41. The minimum atomic E-state index is -1.01. The fourth-order valence-electron chi connectivity index (χ4n) is 4.24. The summed E-state index contributed by atoms with van der Waals surface area (Å²) in [5, 5.41) is 12.4. The van der Waals surface area contributed by atoms with Crippen LogP contribution in [0.15, 0.2) is 60.7 Å². The normalized spacial score (nSPS) is 13.7. The number of amides is 2. The fourth-order valence-corrected chi connectivity index (χ4v) is 4.24. The standard InChI is InChI=1S/C27H25FN2O4/c1-15(2)24(27(33)34)30-14-20-5-4-18(13-22(20)26(30)32)17-6-9-21(10-7-17)29-25(31)19-8-11-23(28)16(3)12-19/h4-13,15,24H,14H2,1-3H3,(H,29,31)(H,33,34)/t24-/m0/s1. The predicted molar refractivity (Wildman–Crippen MR) is 127 cm³/mol. The molecule has 1 heterocycles. The lowest BCUT2D eigenvalue weighted by atomic mass is 10.00. The van der Waals surface area contributed by atoms with Gasteiger partial charge in [-0.3, -0.25) is 9.59 Å². The lowest BCUT2D eigenvalue weighted by molar-refractivity contribution is -0.144. The van der Waals surface area contributed by atoms with Gasteiger partial charge in [-0.25, -0.2) is 9.18 Å². The van der Waals surface area contributed by atoms with Crippen molar-refractivity contribution in [3.8, 4) is 11.1 Å². The molecule has 1 aliphatic heterocycles. The Kier molecular flexibility index (Phi) is 6.20. The van der Waals surface area contributed by atoms with Crippen molar-refractivity contribution < 1.29 is 23.9 Å². The maximum absolute atomic E-state index is 13.5. The molecule has 0 fully saturated rings. The molecule has 0 spiro atoms. The number of fused-ring (bicyclic) bond motifs is 1. The number of carboxylic acid groups (broad SMARTS) is 1. The fraction of sp³-hybridized carbons (Fsp3) is 0.222. The van der Waals surface area contributed by atoms with Crippen molar-refractivity contribution in [3.63, 3.8) is 0 Å². The third-order valence-corrected chi connectivity index (χ3v) is 6.06. The second-order valence-electron chi connectivity index (χ2n) is 8.83. The first kappa shape index (κ1) is 23.2. The second kappa shape index (κ2) is 9.09. The predicted octanol–water partition coefficient (Wildman–Crippen LogP) is 5.12. The van der Waals surface area contributed by atoms with E-state index in [1.54, 1.807) is 39.0 Å². The molecular formula is C27H25FN2O4. The summed E-state index contributed by atoms with van der Waals surface area (Å²) in [5.41, 5.74) is 4.33. The molecule has 0 aromatic heterocycles. The quantitative estimate of drug-likeness (QED) is 0.535. The van der Waals surface area contributed by atoms with Crippen molar-refractivity contribution >= 4 is 23.5 Å². The van der Waals surface area contributed by atoms with Crippen LogP contribution >= 0.6 is 0 Å². The van der Waals surface area contributed by atoms with Gasteiger partial charge >= 0.3 is 5.97 Å². The number of aryl methyl sites for hydroxylation is 1. The van der Waals surface area contributed by atoms with E-state index in [4.69, 9.17) is 0 Å². The molecule has 0 saturated heterocycles. The van der Waals surface area contributed by atoms with Gasteiger partial charge in [0.25, 0.3) is 11.8 Å². The third-order valence-electron chi connectivity index (χ3n) is 6.06. The van der Waals surface area contributed by atoms with Gasteiger partial charge < -0.3 is 15.3 Å². The largest absolute Gasteiger partial charge is 0.480 e. The van der Waals surface area contributed by atoms with Crippen molar-refractivity contribution in [3.05, 3.63) is 88.7 Å². The van der Waals surface area contributed by atoms with Gasteiger partial charge in [-0.05, 0) is 71.5 Å². The van der Waals surface area contributed by atoms with Crippen LogP contribution in [0.4, 0.5) is 10.1 Å². The van der Waals surface area contributed by atoms with Crippen LogP contribution in [-0.2, 0) is 11.3 Å². The second-order valence-corrected chi connectivity index (χ2v) is 8.83. The molecule has 2 N–H and O–H groups in total. The topological polar surface area (TPSA) is 86.7 Å². The van der Waals surface area contributed by atoms with E-state index in [9.17, 15) is 23.9 Å². The summed E-state index contributed by atoms with van der Waals surface area (Å²) in [6.07, 6.45) is 0. The zero-order chi connectivity index (χ0) is 24.6. The molecule has 34 heavy (non-hydrogen) atoms. The van der Waals surface area contributed by atoms with Crippen LogP contribution in [-0.4, -0.2) is 33.8 Å². The number of carbonyl (C=O) groups excluding carboxylic acids is 2. The van der Waals surface area contributed by atoms with E-state index in [-0.39, 0.29) is 30.1 Å². The van der Waals surface area contributed by atoms with Crippen molar-refractivity contribution in [1.29, 1.82) is 0 Å². The molecule has 0 aliphatic carbocycles. The number of aliphatic carboxylic acids is 1. The van der Waals surface area contributed by atoms with Crippen molar-refractivity contribution in [2.75, 3.05) is 5.32 Å². The van der Waals surface area contributed by atoms with Gasteiger partial charge in [0.1, 0.15) is 11.9 Å². The van der Waals surface area contributed by atoms with E-state index in [0.29, 0.717) is 22.4 Å². The molecule has 6 nitrogen and oxygen atoms in total. The number of anilines is 1. The summed E-state index contributed by atoms with van der Waals surface area (Å²) in [5.74, 6) is -2.20. The summed E-state index contributed by atoms with van der Waals surface area (Å²) < 4.78 is 13.5. The molecular weight excluding hydrogens is 435 g/mol. The highest BCUT2D eigenvalue weighted by Gasteiger charge is 2.38. The molecule has 0 unspecified atom stereocenters. The first-order chi connectivity index (χ1) is 16.2. The van der Waals surface area contributed by atoms with Gasteiger partial charge in [-0.15, -0.1) is 0 Å². The van der Waals surface area contributed by atoms with Gasteiger partial charge in [0.05, 0.1) is 0 Å². The lowest BCUT2D eigenvalue weighted by Gasteiger charge is -2.27. The monoisotopic (exact) mass is 460 g/mol. The zero-order valence-corrected chi connectivity index (χ0v) is 19.1. The molecule has 4 rings (SSSR count). The maximum atomic E-state index is 13.5. The van der Waals surface area contributed by atoms with Crippen LogP contribution in [0, 0.1) is 18.7 Å².